The molecule has 0 aliphatic heterocycles. The van der Waals surface area contributed by atoms with E-state index >= 15 is 0 Å². The molecule has 0 aromatic heterocycles. The highest BCUT2D eigenvalue weighted by molar-refractivity contribution is 7.64. The minimum atomic E-state index is -2.48. The number of aliphatic carboxylic acids is 1. The van der Waals surface area contributed by atoms with Gasteiger partial charge < -0.3 is 9.84 Å². The maximum Gasteiger partial charge on any atom is 0.341 e. The first-order valence-corrected chi connectivity index (χ1v) is 19.3. The van der Waals surface area contributed by atoms with E-state index in [1.54, 1.807) is 6.08 Å². The van der Waals surface area contributed by atoms with Crippen LogP contribution in [0.1, 0.15) is 122 Å². The van der Waals surface area contributed by atoms with Crippen molar-refractivity contribution in [2.75, 3.05) is 6.61 Å². The maximum absolute atomic E-state index is 11.7. The first kappa shape index (κ1) is 33.3. The molecule has 36 heavy (non-hydrogen) atoms. The van der Waals surface area contributed by atoms with Gasteiger partial charge in [0.05, 0.1) is 6.61 Å². The van der Waals surface area contributed by atoms with Gasteiger partial charge in [-0.2, -0.15) is 0 Å². The van der Waals surface area contributed by atoms with Crippen molar-refractivity contribution in [1.29, 1.82) is 0 Å². The Hall–Kier alpha value is -0.683. The van der Waals surface area contributed by atoms with Gasteiger partial charge in [-0.05, 0) is 49.1 Å². The van der Waals surface area contributed by atoms with E-state index in [0.717, 1.165) is 62.9 Å². The highest BCUT2D eigenvalue weighted by atomic mass is 35.8. The van der Waals surface area contributed by atoms with Crippen LogP contribution in [-0.2, 0) is 4.79 Å². The predicted octanol–water partition coefficient (Wildman–Crippen LogP) is 10.8. The third-order valence-corrected chi connectivity index (χ3v) is 9.04. The molecule has 0 aliphatic carbocycles. The molecule has 0 fully saturated rings. The summed E-state index contributed by atoms with van der Waals surface area (Å²) in [6, 6.07) is 5.97. The van der Waals surface area contributed by atoms with Crippen LogP contribution in [0.5, 0.6) is 5.75 Å². The fourth-order valence-electron chi connectivity index (χ4n) is 4.23. The largest absolute Gasteiger partial charge is 0.494 e. The average Bonchev–Trinajstić information content (AvgIpc) is 2.83. The molecule has 0 heterocycles. The molecule has 1 aromatic carbocycles. The molecule has 0 amide bonds. The number of carbonyl (C=O) groups is 1. The van der Waals surface area contributed by atoms with Crippen LogP contribution in [0.4, 0.5) is 0 Å². The number of rotatable bonds is 23. The van der Waals surface area contributed by atoms with Crippen LogP contribution >= 0.6 is 33.2 Å². The number of carboxylic acids is 1. The summed E-state index contributed by atoms with van der Waals surface area (Å²) >= 11 is 17.7. The number of hydrogen-bond acceptors (Lipinski definition) is 2. The number of benzene rings is 1. The summed E-state index contributed by atoms with van der Waals surface area (Å²) in [5, 5.41) is 9.58. The Balaban J connectivity index is 2.20. The Morgan fingerprint density at radius 2 is 1.28 bits per heavy atom. The van der Waals surface area contributed by atoms with E-state index in [9.17, 15) is 9.90 Å². The van der Waals surface area contributed by atoms with Crippen LogP contribution in [-0.4, -0.2) is 23.7 Å². The molecule has 7 heteroatoms. The molecule has 0 unspecified atom stereocenters. The zero-order valence-corrected chi connectivity index (χ0v) is 25.5. The molecule has 0 saturated carbocycles. The molecule has 0 radical (unpaired) electrons. The summed E-state index contributed by atoms with van der Waals surface area (Å²) in [6.07, 6.45) is 21.6. The highest BCUT2D eigenvalue weighted by Gasteiger charge is 2.23. The van der Waals surface area contributed by atoms with Crippen LogP contribution in [0.25, 0.3) is 6.08 Å². The predicted molar refractivity (Wildman–Crippen MR) is 160 cm³/mol. The van der Waals surface area contributed by atoms with Crippen molar-refractivity contribution in [1.82, 2.24) is 0 Å². The van der Waals surface area contributed by atoms with Gasteiger partial charge in [0.15, 0.2) is 0 Å². The Morgan fingerprint density at radius 1 is 0.778 bits per heavy atom. The monoisotopic (exact) mass is 576 g/mol. The van der Waals surface area contributed by atoms with Gasteiger partial charge in [0, 0.05) is 5.57 Å². The number of unbranched alkanes of at least 4 members (excludes halogenated alkanes) is 14. The molecule has 1 aromatic rings. The van der Waals surface area contributed by atoms with E-state index in [1.165, 1.54) is 57.8 Å². The topological polar surface area (TPSA) is 46.5 Å². The van der Waals surface area contributed by atoms with Gasteiger partial charge in [0.2, 0.25) is 0 Å². The summed E-state index contributed by atoms with van der Waals surface area (Å²) in [5.41, 5.74) is 1.35. The quantitative estimate of drug-likeness (QED) is 0.0609. The maximum atomic E-state index is 11.7. The zero-order valence-electron chi connectivity index (χ0n) is 22.2. The molecule has 1 N–H and O–H groups in total. The molecule has 0 aliphatic rings. The average molecular weight is 578 g/mol. The molecular weight excluding hydrogens is 531 g/mol. The van der Waals surface area contributed by atoms with Crippen LogP contribution in [0, 0.1) is 0 Å². The smallest absolute Gasteiger partial charge is 0.341 e. The number of ether oxygens (including phenoxy) is 1. The first-order chi connectivity index (χ1) is 17.3. The Labute approximate surface area is 235 Å². The second kappa shape index (κ2) is 21.3. The molecule has 0 spiro atoms. The number of halogens is 3. The van der Waals surface area contributed by atoms with Gasteiger partial charge in [-0.15, -0.1) is 33.2 Å². The summed E-state index contributed by atoms with van der Waals surface area (Å²) in [5.74, 6) is 0.00118. The Kier molecular flexibility index (Phi) is 19.7. The molecule has 206 valence electrons. The lowest BCUT2D eigenvalue weighted by Gasteiger charge is -2.08. The van der Waals surface area contributed by atoms with Crippen molar-refractivity contribution in [3.63, 3.8) is 0 Å². The molecule has 0 bridgehead atoms. The van der Waals surface area contributed by atoms with E-state index < -0.39 is 12.0 Å². The normalized spacial score (nSPS) is 12.2. The van der Waals surface area contributed by atoms with Crippen LogP contribution in [0.2, 0.25) is 6.04 Å². The highest BCUT2D eigenvalue weighted by Crippen LogP contribution is 2.27. The van der Waals surface area contributed by atoms with Crippen molar-refractivity contribution in [2.24, 2.45) is 0 Å². The van der Waals surface area contributed by atoms with E-state index in [1.807, 2.05) is 24.3 Å². The molecule has 0 atom stereocenters. The van der Waals surface area contributed by atoms with Crippen LogP contribution in [0.3, 0.4) is 0 Å². The van der Waals surface area contributed by atoms with Gasteiger partial charge in [0.1, 0.15) is 5.75 Å². The van der Waals surface area contributed by atoms with Gasteiger partial charge >= 0.3 is 12.0 Å². The van der Waals surface area contributed by atoms with E-state index in [2.05, 4.69) is 6.92 Å². The summed E-state index contributed by atoms with van der Waals surface area (Å²) in [6.45, 7) is 2.99. The number of carboxylic acid groups (broad SMARTS) is 1. The fraction of sp³-hybridized carbons (Fsp3) is 0.690. The van der Waals surface area contributed by atoms with Crippen molar-refractivity contribution in [3.8, 4) is 5.75 Å². The van der Waals surface area contributed by atoms with Crippen molar-refractivity contribution in [3.05, 3.63) is 35.4 Å². The Bertz CT molecular complexity index is 717. The fourth-order valence-corrected chi connectivity index (χ4v) is 6.08. The van der Waals surface area contributed by atoms with Gasteiger partial charge in [-0.25, -0.2) is 4.79 Å². The number of hydrogen-bond donors (Lipinski definition) is 1. The summed E-state index contributed by atoms with van der Waals surface area (Å²) in [7, 11) is 0. The van der Waals surface area contributed by atoms with E-state index in [-0.39, 0.29) is 0 Å². The lowest BCUT2D eigenvalue weighted by molar-refractivity contribution is -0.132. The molecular formula is C29H47Cl3O3Si. The second-order valence-electron chi connectivity index (χ2n) is 9.81. The van der Waals surface area contributed by atoms with Crippen molar-refractivity contribution < 1.29 is 14.6 Å². The van der Waals surface area contributed by atoms with Crippen molar-refractivity contribution in [2.45, 2.75) is 122 Å². The Morgan fingerprint density at radius 3 is 1.81 bits per heavy atom. The van der Waals surface area contributed by atoms with Gasteiger partial charge in [0.25, 0.3) is 0 Å². The summed E-state index contributed by atoms with van der Waals surface area (Å²) in [4.78, 5) is 11.7. The molecule has 1 rings (SSSR count). The second-order valence-corrected chi connectivity index (χ2v) is 19.1. The standard InChI is InChI=1S/C29H47Cl3O3Si/c1-2-3-4-5-6-7-8-10-13-16-23-35-28-21-19-26(20-22-28)25-27(29(33)34)18-15-12-9-11-14-17-24-36(30,31)32/h19-22,25H,2-18,23-24H2,1H3,(H,33,34)/b27-25+. The van der Waals surface area contributed by atoms with Crippen LogP contribution in [0.15, 0.2) is 29.8 Å². The minimum Gasteiger partial charge on any atom is -0.494 e. The van der Waals surface area contributed by atoms with E-state index in [0.29, 0.717) is 18.0 Å². The third kappa shape index (κ3) is 19.4. The van der Waals surface area contributed by atoms with Gasteiger partial charge in [-0.1, -0.05) is 109 Å². The summed E-state index contributed by atoms with van der Waals surface area (Å²) < 4.78 is 5.87. The van der Waals surface area contributed by atoms with Crippen molar-refractivity contribution >= 4 is 51.3 Å². The lowest BCUT2D eigenvalue weighted by Crippen LogP contribution is -2.07. The van der Waals surface area contributed by atoms with Crippen LogP contribution < -0.4 is 4.74 Å². The molecule has 3 nitrogen and oxygen atoms in total. The van der Waals surface area contributed by atoms with E-state index in [4.69, 9.17) is 38.0 Å². The minimum absolute atomic E-state index is 0.455. The first-order valence-electron chi connectivity index (χ1n) is 14.1. The SMILES string of the molecule is CCCCCCCCCCCCOc1ccc(/C=C(\CCCCCCCC[Si](Cl)(Cl)Cl)C(=O)O)cc1. The lowest BCUT2D eigenvalue weighted by atomic mass is 10.0. The third-order valence-electron chi connectivity index (χ3n) is 6.42. The van der Waals surface area contributed by atoms with Gasteiger partial charge in [-0.3, -0.25) is 0 Å². The zero-order chi connectivity index (χ0) is 26.5. The molecule has 0 saturated heterocycles.